The Hall–Kier alpha value is -2.15. The lowest BCUT2D eigenvalue weighted by Crippen LogP contribution is -2.09. The predicted octanol–water partition coefficient (Wildman–Crippen LogP) is 1.74. The van der Waals surface area contributed by atoms with Gasteiger partial charge in [0.25, 0.3) is 5.78 Å². The van der Waals surface area contributed by atoms with Crippen LogP contribution in [-0.2, 0) is 13.6 Å². The maximum absolute atomic E-state index is 6.12. The molecule has 7 nitrogen and oxygen atoms in total. The van der Waals surface area contributed by atoms with Crippen molar-refractivity contribution in [2.24, 2.45) is 7.05 Å². The Balaban J connectivity index is 1.96. The van der Waals surface area contributed by atoms with Crippen molar-refractivity contribution in [2.45, 2.75) is 20.4 Å². The first-order valence-corrected chi connectivity index (χ1v) is 6.53. The van der Waals surface area contributed by atoms with Crippen LogP contribution < -0.4 is 5.32 Å². The molecule has 3 aromatic heterocycles. The first-order chi connectivity index (χ1) is 9.56. The highest BCUT2D eigenvalue weighted by Gasteiger charge is 2.12. The summed E-state index contributed by atoms with van der Waals surface area (Å²) in [6.07, 6.45) is 3.44. The summed E-state index contributed by atoms with van der Waals surface area (Å²) >= 11 is 6.12. The molecule has 0 aliphatic heterocycles. The lowest BCUT2D eigenvalue weighted by molar-refractivity contribution is 0.756. The second-order valence-electron chi connectivity index (χ2n) is 4.62. The monoisotopic (exact) mass is 291 g/mol. The average molecular weight is 292 g/mol. The van der Waals surface area contributed by atoms with Crippen molar-refractivity contribution in [2.75, 3.05) is 5.32 Å². The summed E-state index contributed by atoms with van der Waals surface area (Å²) in [6, 6.07) is 0. The Morgan fingerprint density at radius 2 is 2.15 bits per heavy atom. The number of halogens is 1. The molecule has 0 radical (unpaired) electrons. The highest BCUT2D eigenvalue weighted by Crippen LogP contribution is 2.22. The van der Waals surface area contributed by atoms with Crippen LogP contribution in [0.1, 0.15) is 16.8 Å². The molecule has 0 amide bonds. The number of rotatable bonds is 3. The van der Waals surface area contributed by atoms with E-state index in [9.17, 15) is 0 Å². The zero-order valence-corrected chi connectivity index (χ0v) is 12.2. The molecule has 0 saturated heterocycles. The maximum Gasteiger partial charge on any atom is 0.255 e. The van der Waals surface area contributed by atoms with Gasteiger partial charge in [0.2, 0.25) is 0 Å². The largest absolute Gasteiger partial charge is 0.365 e. The molecule has 20 heavy (non-hydrogen) atoms. The van der Waals surface area contributed by atoms with Gasteiger partial charge in [-0.05, 0) is 13.8 Å². The number of aryl methyl sites for hydroxylation is 2. The van der Waals surface area contributed by atoms with Gasteiger partial charge in [-0.25, -0.2) is 0 Å². The molecule has 8 heteroatoms. The van der Waals surface area contributed by atoms with Crippen LogP contribution in [-0.4, -0.2) is 29.4 Å². The van der Waals surface area contributed by atoms with E-state index in [-0.39, 0.29) is 0 Å². The van der Waals surface area contributed by atoms with Crippen molar-refractivity contribution in [3.63, 3.8) is 0 Å². The molecular weight excluding hydrogens is 278 g/mol. The van der Waals surface area contributed by atoms with E-state index in [1.165, 1.54) is 6.33 Å². The zero-order valence-electron chi connectivity index (χ0n) is 11.4. The summed E-state index contributed by atoms with van der Waals surface area (Å²) in [6.45, 7) is 4.51. The number of nitrogens with one attached hydrogen (secondary N) is 1. The van der Waals surface area contributed by atoms with Crippen LogP contribution in [0.25, 0.3) is 5.78 Å². The highest BCUT2D eigenvalue weighted by molar-refractivity contribution is 6.30. The fourth-order valence-corrected chi connectivity index (χ4v) is 2.27. The molecule has 0 aliphatic carbocycles. The lowest BCUT2D eigenvalue weighted by Gasteiger charge is -2.11. The van der Waals surface area contributed by atoms with Gasteiger partial charge in [-0.1, -0.05) is 11.6 Å². The standard InChI is InChI=1S/C12H14ClN7/c1-7-10(13)17-12-15-6-16-20(12)11(7)14-4-9-5-19(3)18-8(9)2/h5-6,14H,4H2,1-3H3. The Bertz CT molecular complexity index is 774. The average Bonchev–Trinajstić information content (AvgIpc) is 2.96. The highest BCUT2D eigenvalue weighted by atomic mass is 35.5. The van der Waals surface area contributed by atoms with Gasteiger partial charge in [0.15, 0.2) is 0 Å². The van der Waals surface area contributed by atoms with Gasteiger partial charge < -0.3 is 5.32 Å². The Labute approximate surface area is 120 Å². The quantitative estimate of drug-likeness (QED) is 0.744. The smallest absolute Gasteiger partial charge is 0.255 e. The lowest BCUT2D eigenvalue weighted by atomic mass is 10.2. The summed E-state index contributed by atoms with van der Waals surface area (Å²) < 4.78 is 3.44. The fraction of sp³-hybridized carbons (Fsp3) is 0.333. The van der Waals surface area contributed by atoms with Gasteiger partial charge >= 0.3 is 0 Å². The summed E-state index contributed by atoms with van der Waals surface area (Å²) in [5.74, 6) is 1.27. The van der Waals surface area contributed by atoms with E-state index in [0.29, 0.717) is 17.5 Å². The molecule has 0 bridgehead atoms. The first-order valence-electron chi connectivity index (χ1n) is 6.15. The van der Waals surface area contributed by atoms with Crippen LogP contribution in [0, 0.1) is 13.8 Å². The number of nitrogens with zero attached hydrogens (tertiary/aromatic N) is 6. The van der Waals surface area contributed by atoms with Crippen LogP contribution >= 0.6 is 11.6 Å². The van der Waals surface area contributed by atoms with Crippen molar-refractivity contribution in [3.05, 3.63) is 34.5 Å². The second kappa shape index (κ2) is 4.75. The van der Waals surface area contributed by atoms with E-state index < -0.39 is 0 Å². The van der Waals surface area contributed by atoms with E-state index >= 15 is 0 Å². The van der Waals surface area contributed by atoms with Gasteiger partial charge in [-0.3, -0.25) is 4.68 Å². The van der Waals surface area contributed by atoms with Crippen molar-refractivity contribution < 1.29 is 0 Å². The van der Waals surface area contributed by atoms with Gasteiger partial charge in [0.05, 0.1) is 5.69 Å². The Morgan fingerprint density at radius 3 is 2.85 bits per heavy atom. The molecule has 0 spiro atoms. The third-order valence-corrected chi connectivity index (χ3v) is 3.53. The number of anilines is 1. The molecular formula is C12H14ClN7. The maximum atomic E-state index is 6.12. The van der Waals surface area contributed by atoms with Crippen LogP contribution in [0.4, 0.5) is 5.82 Å². The third kappa shape index (κ3) is 2.09. The zero-order chi connectivity index (χ0) is 14.3. The summed E-state index contributed by atoms with van der Waals surface area (Å²) in [4.78, 5) is 8.23. The molecule has 104 valence electrons. The Kier molecular flexibility index (Phi) is 3.06. The van der Waals surface area contributed by atoms with Gasteiger partial charge in [-0.15, -0.1) is 0 Å². The first kappa shape index (κ1) is 12.9. The molecule has 0 atom stereocenters. The molecule has 0 aromatic carbocycles. The second-order valence-corrected chi connectivity index (χ2v) is 4.97. The number of hydrogen-bond acceptors (Lipinski definition) is 5. The number of hydrogen-bond donors (Lipinski definition) is 1. The summed E-state index contributed by atoms with van der Waals surface area (Å²) in [5, 5.41) is 12.2. The number of fused-ring (bicyclic) bond motifs is 1. The van der Waals surface area contributed by atoms with E-state index in [1.807, 2.05) is 27.1 Å². The van der Waals surface area contributed by atoms with Crippen molar-refractivity contribution in [1.82, 2.24) is 29.4 Å². The summed E-state index contributed by atoms with van der Waals surface area (Å²) in [7, 11) is 1.90. The van der Waals surface area contributed by atoms with Crippen molar-refractivity contribution in [1.29, 1.82) is 0 Å². The molecule has 0 fully saturated rings. The molecule has 3 heterocycles. The normalized spacial score (nSPS) is 11.2. The minimum atomic E-state index is 0.427. The molecule has 1 N–H and O–H groups in total. The van der Waals surface area contributed by atoms with Crippen LogP contribution in [0.3, 0.4) is 0 Å². The molecule has 0 saturated carbocycles. The molecule has 3 rings (SSSR count). The van der Waals surface area contributed by atoms with Gasteiger partial charge in [-0.2, -0.15) is 24.7 Å². The van der Waals surface area contributed by atoms with E-state index in [1.54, 1.807) is 9.20 Å². The summed E-state index contributed by atoms with van der Waals surface area (Å²) in [5.41, 5.74) is 2.95. The van der Waals surface area contributed by atoms with Crippen LogP contribution in [0.2, 0.25) is 5.15 Å². The predicted molar refractivity (Wildman–Crippen MR) is 75.8 cm³/mol. The van der Waals surface area contributed by atoms with Crippen LogP contribution in [0.5, 0.6) is 0 Å². The molecule has 3 aromatic rings. The third-order valence-electron chi connectivity index (χ3n) is 3.17. The molecule has 0 unspecified atom stereocenters. The minimum absolute atomic E-state index is 0.427. The fourth-order valence-electron chi connectivity index (χ4n) is 2.11. The topological polar surface area (TPSA) is 72.9 Å². The number of aromatic nitrogens is 6. The van der Waals surface area contributed by atoms with E-state index in [0.717, 1.165) is 22.6 Å². The van der Waals surface area contributed by atoms with Crippen molar-refractivity contribution >= 4 is 23.2 Å². The van der Waals surface area contributed by atoms with Gasteiger partial charge in [0.1, 0.15) is 17.3 Å². The SMILES string of the molecule is Cc1nn(C)cc1CNc1c(C)c(Cl)nc2ncnn12. The minimum Gasteiger partial charge on any atom is -0.365 e. The molecule has 0 aliphatic rings. The van der Waals surface area contributed by atoms with Crippen LogP contribution in [0.15, 0.2) is 12.5 Å². The van der Waals surface area contributed by atoms with E-state index in [4.69, 9.17) is 11.6 Å². The van der Waals surface area contributed by atoms with Crippen molar-refractivity contribution in [3.8, 4) is 0 Å². The van der Waals surface area contributed by atoms with E-state index in [2.05, 4.69) is 25.5 Å². The van der Waals surface area contributed by atoms with Gasteiger partial charge in [0, 0.05) is 30.9 Å². The Morgan fingerprint density at radius 1 is 1.35 bits per heavy atom.